The topological polar surface area (TPSA) is 70.5 Å². The Hall–Kier alpha value is -3.19. The quantitative estimate of drug-likeness (QED) is 0.295. The molecule has 4 rings (SSSR count). The molecule has 0 aliphatic heterocycles. The van der Waals surface area contributed by atoms with E-state index in [9.17, 15) is 14.7 Å². The van der Waals surface area contributed by atoms with Crippen molar-refractivity contribution < 1.29 is 14.7 Å². The number of nitrogens with zero attached hydrogens (tertiary/aromatic N) is 2. The van der Waals surface area contributed by atoms with E-state index in [1.807, 2.05) is 53.9 Å². The van der Waals surface area contributed by atoms with Crippen molar-refractivity contribution in [3.8, 4) is 11.1 Å². The van der Waals surface area contributed by atoms with Crippen LogP contribution in [0.3, 0.4) is 0 Å². The molecule has 0 fully saturated rings. The summed E-state index contributed by atoms with van der Waals surface area (Å²) in [5.74, 6) is -1.57. The highest BCUT2D eigenvalue weighted by Crippen LogP contribution is 2.31. The van der Waals surface area contributed by atoms with Gasteiger partial charge >= 0.3 is 5.97 Å². The van der Waals surface area contributed by atoms with E-state index in [2.05, 4.69) is 4.98 Å². The molecule has 172 valence electrons. The first-order chi connectivity index (χ1) is 16.4. The van der Waals surface area contributed by atoms with Crippen molar-refractivity contribution in [1.29, 1.82) is 0 Å². The summed E-state index contributed by atoms with van der Waals surface area (Å²) < 4.78 is 0. The van der Waals surface area contributed by atoms with Gasteiger partial charge in [-0.05, 0) is 58.5 Å². The second-order valence-electron chi connectivity index (χ2n) is 7.59. The molecule has 0 saturated carbocycles. The number of hydrogen-bond acceptors (Lipinski definition) is 4. The Morgan fingerprint density at radius 2 is 1.74 bits per heavy atom. The Bertz CT molecular complexity index is 1300. The minimum Gasteiger partial charge on any atom is -0.480 e. The van der Waals surface area contributed by atoms with Crippen LogP contribution in [0.25, 0.3) is 11.1 Å². The molecular formula is C26H20Cl2N2O3S. The molecular weight excluding hydrogens is 491 g/mol. The van der Waals surface area contributed by atoms with Gasteiger partial charge in [-0.3, -0.25) is 9.78 Å². The molecule has 0 saturated heterocycles. The number of carboxylic acids is 1. The largest absolute Gasteiger partial charge is 0.480 e. The average Bonchev–Trinajstić information content (AvgIpc) is 3.30. The Balaban J connectivity index is 1.76. The lowest BCUT2D eigenvalue weighted by Crippen LogP contribution is -2.46. The summed E-state index contributed by atoms with van der Waals surface area (Å²) in [6.07, 6.45) is 3.55. The lowest BCUT2D eigenvalue weighted by molar-refractivity contribution is -0.142. The van der Waals surface area contributed by atoms with Crippen LogP contribution < -0.4 is 0 Å². The second kappa shape index (κ2) is 10.8. The highest BCUT2D eigenvalue weighted by molar-refractivity contribution is 7.10. The number of benzene rings is 2. The minimum absolute atomic E-state index is 0.108. The van der Waals surface area contributed by atoms with Gasteiger partial charge in [0.25, 0.3) is 5.91 Å². The molecule has 2 aromatic heterocycles. The summed E-state index contributed by atoms with van der Waals surface area (Å²) in [4.78, 5) is 32.5. The SMILES string of the molecule is O=C(O)[C@H](Cc1ccccc1)N(Cc1sccc1-c1ccncc1)C(=O)c1ccc(Cl)cc1Cl. The van der Waals surface area contributed by atoms with Gasteiger partial charge in [0.1, 0.15) is 6.04 Å². The Morgan fingerprint density at radius 3 is 2.41 bits per heavy atom. The molecule has 0 aliphatic rings. The van der Waals surface area contributed by atoms with Gasteiger partial charge in [-0.15, -0.1) is 11.3 Å². The zero-order valence-corrected chi connectivity index (χ0v) is 20.2. The molecule has 1 atom stereocenters. The number of carbonyl (C=O) groups is 2. The molecule has 2 heterocycles. The molecule has 4 aromatic rings. The third-order valence-electron chi connectivity index (χ3n) is 5.41. The third-order valence-corrected chi connectivity index (χ3v) is 6.86. The van der Waals surface area contributed by atoms with Crippen LogP contribution in [0.5, 0.6) is 0 Å². The lowest BCUT2D eigenvalue weighted by atomic mass is 10.0. The van der Waals surface area contributed by atoms with Gasteiger partial charge in [-0.2, -0.15) is 0 Å². The molecule has 0 bridgehead atoms. The normalized spacial score (nSPS) is 11.7. The van der Waals surface area contributed by atoms with Crippen LogP contribution in [0, 0.1) is 0 Å². The Labute approximate surface area is 211 Å². The van der Waals surface area contributed by atoms with E-state index in [0.29, 0.717) is 5.02 Å². The number of thiophene rings is 1. The van der Waals surface area contributed by atoms with Crippen molar-refractivity contribution >= 4 is 46.4 Å². The van der Waals surface area contributed by atoms with Crippen LogP contribution >= 0.6 is 34.5 Å². The zero-order chi connectivity index (χ0) is 24.1. The summed E-state index contributed by atoms with van der Waals surface area (Å²) in [5, 5.41) is 12.7. The maximum atomic E-state index is 13.7. The van der Waals surface area contributed by atoms with E-state index in [4.69, 9.17) is 23.2 Å². The van der Waals surface area contributed by atoms with Crippen molar-refractivity contribution in [1.82, 2.24) is 9.88 Å². The third kappa shape index (κ3) is 5.47. The summed E-state index contributed by atoms with van der Waals surface area (Å²) in [6, 6.07) is 18.4. The fourth-order valence-corrected chi connectivity index (χ4v) is 5.10. The van der Waals surface area contributed by atoms with Crippen molar-refractivity contribution in [2.75, 3.05) is 0 Å². The highest BCUT2D eigenvalue weighted by Gasteiger charge is 2.32. The number of hydrogen-bond donors (Lipinski definition) is 1. The first kappa shape index (κ1) is 24.0. The van der Waals surface area contributed by atoms with Crippen molar-refractivity contribution in [2.45, 2.75) is 19.0 Å². The van der Waals surface area contributed by atoms with Gasteiger partial charge < -0.3 is 10.0 Å². The van der Waals surface area contributed by atoms with Crippen molar-refractivity contribution in [3.63, 3.8) is 0 Å². The van der Waals surface area contributed by atoms with E-state index < -0.39 is 17.9 Å². The molecule has 0 unspecified atom stereocenters. The average molecular weight is 511 g/mol. The number of amides is 1. The summed E-state index contributed by atoms with van der Waals surface area (Å²) >= 11 is 13.8. The fourth-order valence-electron chi connectivity index (χ4n) is 3.72. The number of aliphatic carboxylic acids is 1. The number of carbonyl (C=O) groups excluding carboxylic acids is 1. The molecule has 2 aromatic carbocycles. The molecule has 8 heteroatoms. The van der Waals surface area contributed by atoms with E-state index in [-0.39, 0.29) is 23.6 Å². The van der Waals surface area contributed by atoms with Gasteiger partial charge in [0.15, 0.2) is 0 Å². The smallest absolute Gasteiger partial charge is 0.326 e. The van der Waals surface area contributed by atoms with Gasteiger partial charge in [-0.1, -0.05) is 53.5 Å². The van der Waals surface area contributed by atoms with E-state index in [1.54, 1.807) is 18.5 Å². The van der Waals surface area contributed by atoms with Crippen LogP contribution in [0.15, 0.2) is 84.5 Å². The summed E-state index contributed by atoms with van der Waals surface area (Å²) in [7, 11) is 0. The van der Waals surface area contributed by atoms with E-state index in [0.717, 1.165) is 21.6 Å². The van der Waals surface area contributed by atoms with E-state index >= 15 is 0 Å². The van der Waals surface area contributed by atoms with Crippen molar-refractivity contribution in [3.05, 3.63) is 111 Å². The zero-order valence-electron chi connectivity index (χ0n) is 17.9. The van der Waals surface area contributed by atoms with Crippen molar-refractivity contribution in [2.24, 2.45) is 0 Å². The van der Waals surface area contributed by atoms with E-state index in [1.165, 1.54) is 28.4 Å². The van der Waals surface area contributed by atoms with Crippen LogP contribution in [-0.2, 0) is 17.8 Å². The van der Waals surface area contributed by atoms with Gasteiger partial charge in [0.2, 0.25) is 0 Å². The van der Waals surface area contributed by atoms with Gasteiger partial charge in [0, 0.05) is 28.7 Å². The molecule has 1 amide bonds. The summed E-state index contributed by atoms with van der Waals surface area (Å²) in [6.45, 7) is 0.108. The molecule has 0 spiro atoms. The number of carboxylic acid groups (broad SMARTS) is 1. The molecule has 5 nitrogen and oxygen atoms in total. The second-order valence-corrected chi connectivity index (χ2v) is 9.44. The Kier molecular flexibility index (Phi) is 7.63. The minimum atomic E-state index is -1.10. The maximum Gasteiger partial charge on any atom is 0.326 e. The fraction of sp³-hybridized carbons (Fsp3) is 0.115. The predicted molar refractivity (Wildman–Crippen MR) is 135 cm³/mol. The molecule has 0 aliphatic carbocycles. The molecule has 34 heavy (non-hydrogen) atoms. The Morgan fingerprint density at radius 1 is 1.00 bits per heavy atom. The van der Waals surface area contributed by atoms with Crippen LogP contribution in [-0.4, -0.2) is 32.9 Å². The van der Waals surface area contributed by atoms with Crippen LogP contribution in [0.1, 0.15) is 20.8 Å². The monoisotopic (exact) mass is 510 g/mol. The number of aromatic nitrogens is 1. The highest BCUT2D eigenvalue weighted by atomic mass is 35.5. The van der Waals surface area contributed by atoms with Crippen LogP contribution in [0.2, 0.25) is 10.0 Å². The first-order valence-electron chi connectivity index (χ1n) is 10.4. The maximum absolute atomic E-state index is 13.7. The standard InChI is InChI=1S/C26H20Cl2N2O3S/c27-19-6-7-21(22(28)15-19)25(31)30(23(26(32)33)14-17-4-2-1-3-5-17)16-24-20(10-13-34-24)18-8-11-29-12-9-18/h1-13,15,23H,14,16H2,(H,32,33)/t23-/m0/s1. The lowest BCUT2D eigenvalue weighted by Gasteiger charge is -2.30. The van der Waals surface area contributed by atoms with Gasteiger partial charge in [0.05, 0.1) is 17.1 Å². The van der Waals surface area contributed by atoms with Crippen LogP contribution in [0.4, 0.5) is 0 Å². The first-order valence-corrected chi connectivity index (χ1v) is 12.1. The molecule has 0 radical (unpaired) electrons. The number of rotatable bonds is 8. The number of halogens is 2. The summed E-state index contributed by atoms with van der Waals surface area (Å²) in [5.41, 5.74) is 2.89. The number of pyridine rings is 1. The predicted octanol–water partition coefficient (Wildman–Crippen LogP) is 6.46. The van der Waals surface area contributed by atoms with Gasteiger partial charge in [-0.25, -0.2) is 4.79 Å². The molecule has 1 N–H and O–H groups in total.